The Bertz CT molecular complexity index is 908. The number of hydrogen-bond donors (Lipinski definition) is 1. The van der Waals surface area contributed by atoms with E-state index in [0.717, 1.165) is 25.7 Å². The van der Waals surface area contributed by atoms with Gasteiger partial charge >= 0.3 is 5.97 Å². The predicted octanol–water partition coefficient (Wildman–Crippen LogP) is 7.75. The molecule has 1 unspecified atom stereocenters. The van der Waals surface area contributed by atoms with Gasteiger partial charge in [-0.15, -0.1) is 0 Å². The molecule has 4 aliphatic rings. The maximum atomic E-state index is 12.8. The second-order valence-corrected chi connectivity index (χ2v) is 13.3. The fourth-order valence-electron chi connectivity index (χ4n) is 9.29. The van der Waals surface area contributed by atoms with Crippen molar-refractivity contribution in [3.05, 3.63) is 22.8 Å². The van der Waals surface area contributed by atoms with Crippen LogP contribution in [0, 0.1) is 39.4 Å². The molecule has 3 heteroatoms. The van der Waals surface area contributed by atoms with Gasteiger partial charge < -0.3 is 5.11 Å². The van der Waals surface area contributed by atoms with Crippen LogP contribution >= 0.6 is 0 Å². The van der Waals surface area contributed by atoms with E-state index in [1.165, 1.54) is 38.5 Å². The molecule has 0 bridgehead atoms. The normalized spacial score (nSPS) is 41.3. The van der Waals surface area contributed by atoms with Crippen molar-refractivity contribution in [2.75, 3.05) is 0 Å². The Labute approximate surface area is 201 Å². The standard InChI is InChI=1S/C30H46O3/c1-19(9-8-10-20(2)26(32)33)21-13-17-30(7)23-11-12-24-27(3,4)25(31)15-16-28(24,5)22(23)14-18-29(21,30)6/h10,19,21,24H,8-9,11-18H2,1-7H3,(H,32,33)/b20-10-/t19-,21-,24?,28-,29-,30+/m1/s1. The van der Waals surface area contributed by atoms with Crippen molar-refractivity contribution < 1.29 is 14.7 Å². The number of carboxylic acid groups (broad SMARTS) is 1. The first-order valence-corrected chi connectivity index (χ1v) is 13.5. The van der Waals surface area contributed by atoms with Crippen LogP contribution in [0.1, 0.15) is 113 Å². The van der Waals surface area contributed by atoms with E-state index in [4.69, 9.17) is 5.11 Å². The molecule has 3 nitrogen and oxygen atoms in total. The first-order valence-electron chi connectivity index (χ1n) is 13.5. The lowest BCUT2D eigenvalue weighted by atomic mass is 9.43. The Morgan fingerprint density at radius 3 is 2.39 bits per heavy atom. The molecule has 6 atom stereocenters. The minimum absolute atomic E-state index is 0.193. The molecule has 0 amide bonds. The van der Waals surface area contributed by atoms with Gasteiger partial charge in [0.15, 0.2) is 0 Å². The number of fused-ring (bicyclic) bond motifs is 4. The summed E-state index contributed by atoms with van der Waals surface area (Å²) in [4.78, 5) is 23.9. The van der Waals surface area contributed by atoms with E-state index in [2.05, 4.69) is 41.5 Å². The van der Waals surface area contributed by atoms with E-state index >= 15 is 0 Å². The smallest absolute Gasteiger partial charge is 0.330 e. The van der Waals surface area contributed by atoms with Gasteiger partial charge in [0.2, 0.25) is 0 Å². The van der Waals surface area contributed by atoms with Crippen LogP contribution in [0.4, 0.5) is 0 Å². The van der Waals surface area contributed by atoms with Crippen LogP contribution in [0.3, 0.4) is 0 Å². The molecule has 0 aliphatic heterocycles. The minimum atomic E-state index is -0.800. The van der Waals surface area contributed by atoms with Gasteiger partial charge in [0.25, 0.3) is 0 Å². The summed E-state index contributed by atoms with van der Waals surface area (Å²) in [5.74, 6) is 1.47. The van der Waals surface area contributed by atoms with Crippen LogP contribution < -0.4 is 0 Å². The van der Waals surface area contributed by atoms with E-state index in [0.29, 0.717) is 34.5 Å². The van der Waals surface area contributed by atoms with Gasteiger partial charge in [-0.05, 0) is 98.7 Å². The van der Waals surface area contributed by atoms with Gasteiger partial charge in [-0.1, -0.05) is 58.8 Å². The van der Waals surface area contributed by atoms with Gasteiger partial charge in [0, 0.05) is 17.4 Å². The third-order valence-corrected chi connectivity index (χ3v) is 11.7. The first-order chi connectivity index (χ1) is 15.3. The molecule has 0 radical (unpaired) electrons. The zero-order valence-electron chi connectivity index (χ0n) is 22.1. The molecule has 33 heavy (non-hydrogen) atoms. The number of carboxylic acids is 1. The average molecular weight is 455 g/mol. The first kappa shape index (κ1) is 24.7. The van der Waals surface area contributed by atoms with Crippen LogP contribution in [0.25, 0.3) is 0 Å². The van der Waals surface area contributed by atoms with Crippen molar-refractivity contribution >= 4 is 11.8 Å². The minimum Gasteiger partial charge on any atom is -0.478 e. The molecule has 0 aromatic rings. The quantitative estimate of drug-likeness (QED) is 0.341. The highest BCUT2D eigenvalue weighted by atomic mass is 16.4. The zero-order valence-corrected chi connectivity index (χ0v) is 22.1. The maximum Gasteiger partial charge on any atom is 0.330 e. The molecule has 4 rings (SSSR count). The largest absolute Gasteiger partial charge is 0.478 e. The summed E-state index contributed by atoms with van der Waals surface area (Å²) in [5.41, 5.74) is 4.58. The van der Waals surface area contributed by atoms with Gasteiger partial charge in [-0.3, -0.25) is 4.79 Å². The maximum absolute atomic E-state index is 12.8. The summed E-state index contributed by atoms with van der Waals surface area (Å²) in [6.07, 6.45) is 13.0. The second-order valence-electron chi connectivity index (χ2n) is 13.3. The topological polar surface area (TPSA) is 54.4 Å². The summed E-state index contributed by atoms with van der Waals surface area (Å²) in [7, 11) is 0. The van der Waals surface area contributed by atoms with Crippen molar-refractivity contribution in [2.45, 2.75) is 113 Å². The highest BCUT2D eigenvalue weighted by Crippen LogP contribution is 2.72. The molecule has 0 spiro atoms. The number of allylic oxidation sites excluding steroid dienone is 3. The molecule has 4 aliphatic carbocycles. The summed E-state index contributed by atoms with van der Waals surface area (Å²) < 4.78 is 0. The molecular formula is C30H46O3. The van der Waals surface area contributed by atoms with Crippen molar-refractivity contribution in [2.24, 2.45) is 39.4 Å². The highest BCUT2D eigenvalue weighted by molar-refractivity contribution is 5.86. The Kier molecular flexibility index (Phi) is 6.07. The van der Waals surface area contributed by atoms with Crippen LogP contribution in [0.2, 0.25) is 0 Å². The van der Waals surface area contributed by atoms with Crippen molar-refractivity contribution in [1.82, 2.24) is 0 Å². The lowest BCUT2D eigenvalue weighted by Crippen LogP contribution is -2.53. The molecule has 0 aromatic carbocycles. The summed E-state index contributed by atoms with van der Waals surface area (Å²) in [6, 6.07) is 0. The van der Waals surface area contributed by atoms with Crippen molar-refractivity contribution in [3.63, 3.8) is 0 Å². The number of carbonyl (C=O) groups excluding carboxylic acids is 1. The Balaban J connectivity index is 1.61. The predicted molar refractivity (Wildman–Crippen MR) is 134 cm³/mol. The molecule has 0 aromatic heterocycles. The van der Waals surface area contributed by atoms with Gasteiger partial charge in [0.05, 0.1) is 0 Å². The van der Waals surface area contributed by atoms with Crippen LogP contribution in [0.15, 0.2) is 22.8 Å². The van der Waals surface area contributed by atoms with Crippen molar-refractivity contribution in [3.8, 4) is 0 Å². The number of hydrogen-bond acceptors (Lipinski definition) is 2. The lowest BCUT2D eigenvalue weighted by Gasteiger charge is -2.61. The third-order valence-electron chi connectivity index (χ3n) is 11.7. The lowest BCUT2D eigenvalue weighted by molar-refractivity contribution is -0.139. The number of aliphatic carboxylic acids is 1. The molecule has 0 saturated heterocycles. The van der Waals surface area contributed by atoms with Gasteiger partial charge in [-0.25, -0.2) is 4.79 Å². The fourth-order valence-corrected chi connectivity index (χ4v) is 9.29. The molecular weight excluding hydrogens is 408 g/mol. The van der Waals surface area contributed by atoms with Crippen LogP contribution in [-0.4, -0.2) is 16.9 Å². The second kappa shape index (κ2) is 8.09. The number of rotatable bonds is 5. The van der Waals surface area contributed by atoms with Gasteiger partial charge in [0.1, 0.15) is 5.78 Å². The van der Waals surface area contributed by atoms with Crippen LogP contribution in [0.5, 0.6) is 0 Å². The van der Waals surface area contributed by atoms with Gasteiger partial charge in [-0.2, -0.15) is 0 Å². The Morgan fingerprint density at radius 1 is 1.03 bits per heavy atom. The molecule has 1 N–H and O–H groups in total. The monoisotopic (exact) mass is 454 g/mol. The Hall–Kier alpha value is -1.38. The summed E-state index contributed by atoms with van der Waals surface area (Å²) in [6.45, 7) is 16.2. The van der Waals surface area contributed by atoms with E-state index in [1.807, 2.05) is 6.08 Å². The van der Waals surface area contributed by atoms with E-state index in [-0.39, 0.29) is 16.2 Å². The number of carbonyl (C=O) groups is 2. The number of Topliss-reactive ketones (excluding diaryl/α,β-unsaturated/α-hetero) is 1. The third kappa shape index (κ3) is 3.50. The van der Waals surface area contributed by atoms with E-state index in [1.54, 1.807) is 18.1 Å². The summed E-state index contributed by atoms with van der Waals surface area (Å²) in [5, 5.41) is 9.16. The fraction of sp³-hybridized carbons (Fsp3) is 0.800. The van der Waals surface area contributed by atoms with Crippen LogP contribution in [-0.2, 0) is 9.59 Å². The SMILES string of the molecule is C/C(=C/CC[C@@H](C)[C@H]1CC[C@@]2(C)C3=C(CC[C@]12C)[C@@]1(C)CCC(=O)C(C)(C)C1CC3)C(=O)O. The highest BCUT2D eigenvalue weighted by Gasteiger charge is 2.63. The van der Waals surface area contributed by atoms with Crippen molar-refractivity contribution in [1.29, 1.82) is 0 Å². The van der Waals surface area contributed by atoms with E-state index in [9.17, 15) is 9.59 Å². The summed E-state index contributed by atoms with van der Waals surface area (Å²) >= 11 is 0. The molecule has 0 heterocycles. The molecule has 2 fully saturated rings. The Morgan fingerprint density at radius 2 is 1.73 bits per heavy atom. The van der Waals surface area contributed by atoms with E-state index < -0.39 is 5.97 Å². The molecule has 184 valence electrons. The zero-order chi connectivity index (χ0) is 24.4. The molecule has 2 saturated carbocycles. The average Bonchev–Trinajstić information content (AvgIpc) is 3.02. The number of ketones is 1.